The van der Waals surface area contributed by atoms with E-state index in [4.69, 9.17) is 4.52 Å². The lowest BCUT2D eigenvalue weighted by atomic mass is 10.2. The van der Waals surface area contributed by atoms with Crippen molar-refractivity contribution in [3.05, 3.63) is 35.5 Å². The SMILES string of the molecule is Cc1cc(CN2C[C@@H](F)C[C@H]2CN(C)Cc2ccn[nH]2)on1. The highest BCUT2D eigenvalue weighted by Gasteiger charge is 2.33. The third kappa shape index (κ3) is 3.72. The molecule has 22 heavy (non-hydrogen) atoms. The largest absolute Gasteiger partial charge is 0.360 e. The van der Waals surface area contributed by atoms with Crippen LogP contribution in [0.2, 0.25) is 0 Å². The zero-order chi connectivity index (χ0) is 15.5. The standard InChI is InChI=1S/C15H22FN5O/c1-11-5-15(22-19-11)10-21-7-12(16)6-14(21)9-20(2)8-13-3-4-17-18-13/h3-5,12,14H,6-10H2,1-2H3,(H,17,18)/t12-,14-/m0/s1. The van der Waals surface area contributed by atoms with Gasteiger partial charge in [-0.05, 0) is 26.5 Å². The molecule has 2 atom stereocenters. The van der Waals surface area contributed by atoms with Gasteiger partial charge in [-0.2, -0.15) is 5.10 Å². The van der Waals surface area contributed by atoms with Crippen molar-refractivity contribution in [2.75, 3.05) is 20.1 Å². The van der Waals surface area contributed by atoms with Gasteiger partial charge < -0.3 is 4.52 Å². The van der Waals surface area contributed by atoms with Gasteiger partial charge in [0.15, 0.2) is 5.76 Å². The van der Waals surface area contributed by atoms with Crippen molar-refractivity contribution in [3.63, 3.8) is 0 Å². The number of hydrogen-bond donors (Lipinski definition) is 1. The van der Waals surface area contributed by atoms with E-state index < -0.39 is 6.17 Å². The second kappa shape index (κ2) is 6.58. The minimum atomic E-state index is -0.769. The van der Waals surface area contributed by atoms with Crippen molar-refractivity contribution in [1.29, 1.82) is 0 Å². The lowest BCUT2D eigenvalue weighted by molar-refractivity contribution is 0.165. The summed E-state index contributed by atoms with van der Waals surface area (Å²) in [5.41, 5.74) is 1.92. The van der Waals surface area contributed by atoms with Gasteiger partial charge in [-0.3, -0.25) is 14.9 Å². The minimum absolute atomic E-state index is 0.188. The average Bonchev–Trinajstić information content (AvgIpc) is 3.15. The molecule has 1 fully saturated rings. The number of aryl methyl sites for hydroxylation is 1. The molecule has 3 rings (SSSR count). The Bertz CT molecular complexity index is 585. The number of nitrogens with one attached hydrogen (secondary N) is 1. The van der Waals surface area contributed by atoms with Gasteiger partial charge >= 0.3 is 0 Å². The van der Waals surface area contributed by atoms with Crippen LogP contribution in [0, 0.1) is 6.92 Å². The summed E-state index contributed by atoms with van der Waals surface area (Å²) in [6.07, 6.45) is 1.55. The number of halogens is 1. The van der Waals surface area contributed by atoms with Gasteiger partial charge in [-0.15, -0.1) is 0 Å². The molecule has 1 N–H and O–H groups in total. The molecule has 0 unspecified atom stereocenters. The average molecular weight is 307 g/mol. The summed E-state index contributed by atoms with van der Waals surface area (Å²) in [4.78, 5) is 4.34. The summed E-state index contributed by atoms with van der Waals surface area (Å²) in [6.45, 7) is 4.56. The summed E-state index contributed by atoms with van der Waals surface area (Å²) in [5, 5.41) is 10.8. The first-order chi connectivity index (χ1) is 10.6. The zero-order valence-corrected chi connectivity index (χ0v) is 13.0. The van der Waals surface area contributed by atoms with Gasteiger partial charge in [0.1, 0.15) is 6.17 Å². The Labute approximate surface area is 129 Å². The highest BCUT2D eigenvalue weighted by Crippen LogP contribution is 2.23. The molecule has 0 bridgehead atoms. The quantitative estimate of drug-likeness (QED) is 0.881. The maximum Gasteiger partial charge on any atom is 0.150 e. The van der Waals surface area contributed by atoms with Crippen molar-refractivity contribution >= 4 is 0 Å². The third-order valence-electron chi connectivity index (χ3n) is 4.03. The molecule has 1 aliphatic heterocycles. The van der Waals surface area contributed by atoms with Gasteiger partial charge in [-0.1, -0.05) is 5.16 Å². The van der Waals surface area contributed by atoms with Crippen molar-refractivity contribution < 1.29 is 8.91 Å². The van der Waals surface area contributed by atoms with E-state index in [1.165, 1.54) is 0 Å². The fourth-order valence-electron chi connectivity index (χ4n) is 3.08. The second-order valence-corrected chi connectivity index (χ2v) is 6.13. The monoisotopic (exact) mass is 307 g/mol. The van der Waals surface area contributed by atoms with Crippen LogP contribution in [0.25, 0.3) is 0 Å². The van der Waals surface area contributed by atoms with Gasteiger partial charge in [0.05, 0.1) is 12.2 Å². The summed E-state index contributed by atoms with van der Waals surface area (Å²) in [5.74, 6) is 0.799. The van der Waals surface area contributed by atoms with Crippen LogP contribution >= 0.6 is 0 Å². The summed E-state index contributed by atoms with van der Waals surface area (Å²) >= 11 is 0. The number of aromatic amines is 1. The van der Waals surface area contributed by atoms with Crippen LogP contribution in [0.5, 0.6) is 0 Å². The van der Waals surface area contributed by atoms with Crippen LogP contribution in [0.3, 0.4) is 0 Å². The van der Waals surface area contributed by atoms with Gasteiger partial charge in [0.2, 0.25) is 0 Å². The number of nitrogens with zero attached hydrogens (tertiary/aromatic N) is 4. The predicted octanol–water partition coefficient (Wildman–Crippen LogP) is 1.75. The predicted molar refractivity (Wildman–Crippen MR) is 79.9 cm³/mol. The highest BCUT2D eigenvalue weighted by atomic mass is 19.1. The molecule has 1 aliphatic rings. The Morgan fingerprint density at radius 1 is 1.55 bits per heavy atom. The van der Waals surface area contributed by atoms with Crippen LogP contribution in [0.15, 0.2) is 22.9 Å². The van der Waals surface area contributed by atoms with Crippen molar-refractivity contribution in [2.24, 2.45) is 0 Å². The first kappa shape index (κ1) is 15.2. The summed E-state index contributed by atoms with van der Waals surface area (Å²) < 4.78 is 19.1. The van der Waals surface area contributed by atoms with Crippen LogP contribution in [0.4, 0.5) is 4.39 Å². The topological polar surface area (TPSA) is 61.2 Å². The Hall–Kier alpha value is -1.73. The van der Waals surface area contributed by atoms with Crippen LogP contribution in [-0.4, -0.2) is 57.5 Å². The Kier molecular flexibility index (Phi) is 4.54. The van der Waals surface area contributed by atoms with E-state index in [1.54, 1.807) is 6.20 Å². The third-order valence-corrected chi connectivity index (χ3v) is 4.03. The molecule has 0 spiro atoms. The van der Waals surface area contributed by atoms with E-state index in [1.807, 2.05) is 26.1 Å². The van der Waals surface area contributed by atoms with Gasteiger partial charge in [-0.25, -0.2) is 4.39 Å². The molecule has 1 saturated heterocycles. The van der Waals surface area contributed by atoms with Crippen LogP contribution < -0.4 is 0 Å². The molecule has 6 nitrogen and oxygen atoms in total. The smallest absolute Gasteiger partial charge is 0.150 e. The Balaban J connectivity index is 1.58. The maximum absolute atomic E-state index is 13.8. The maximum atomic E-state index is 13.8. The van der Waals surface area contributed by atoms with Crippen molar-refractivity contribution in [1.82, 2.24) is 25.2 Å². The molecule has 0 radical (unpaired) electrons. The van der Waals surface area contributed by atoms with E-state index in [-0.39, 0.29) is 6.04 Å². The molecular weight excluding hydrogens is 285 g/mol. The number of H-pyrrole nitrogens is 1. The van der Waals surface area contributed by atoms with E-state index in [2.05, 4.69) is 25.2 Å². The molecule has 0 saturated carbocycles. The zero-order valence-electron chi connectivity index (χ0n) is 13.0. The fraction of sp³-hybridized carbons (Fsp3) is 0.600. The highest BCUT2D eigenvalue weighted by molar-refractivity contribution is 5.04. The van der Waals surface area contributed by atoms with E-state index in [0.717, 1.165) is 30.2 Å². The summed E-state index contributed by atoms with van der Waals surface area (Å²) in [6, 6.07) is 4.06. The second-order valence-electron chi connectivity index (χ2n) is 6.13. The Morgan fingerprint density at radius 3 is 3.09 bits per heavy atom. The van der Waals surface area contributed by atoms with Crippen molar-refractivity contribution in [3.8, 4) is 0 Å². The number of likely N-dealkylation sites (tertiary alicyclic amines) is 1. The molecule has 120 valence electrons. The minimum Gasteiger partial charge on any atom is -0.360 e. The number of alkyl halides is 1. The normalized spacial score (nSPS) is 22.7. The number of likely N-dealkylation sites (N-methyl/N-ethyl adjacent to an activating group) is 1. The molecular formula is C15H22FN5O. The van der Waals surface area contributed by atoms with Crippen LogP contribution in [0.1, 0.15) is 23.6 Å². The van der Waals surface area contributed by atoms with E-state index >= 15 is 0 Å². The van der Waals surface area contributed by atoms with E-state index in [0.29, 0.717) is 19.5 Å². The van der Waals surface area contributed by atoms with E-state index in [9.17, 15) is 4.39 Å². The van der Waals surface area contributed by atoms with Gasteiger partial charge in [0, 0.05) is 43.6 Å². The van der Waals surface area contributed by atoms with Crippen molar-refractivity contribution in [2.45, 2.75) is 38.6 Å². The lowest BCUT2D eigenvalue weighted by Gasteiger charge is -2.27. The lowest BCUT2D eigenvalue weighted by Crippen LogP contribution is -2.38. The Morgan fingerprint density at radius 2 is 2.41 bits per heavy atom. The van der Waals surface area contributed by atoms with Crippen LogP contribution in [-0.2, 0) is 13.1 Å². The molecule has 0 aromatic carbocycles. The molecule has 3 heterocycles. The molecule has 2 aromatic rings. The molecule has 7 heteroatoms. The number of aromatic nitrogens is 3. The number of rotatable bonds is 6. The first-order valence-electron chi connectivity index (χ1n) is 7.57. The summed E-state index contributed by atoms with van der Waals surface area (Å²) in [7, 11) is 2.04. The molecule has 0 aliphatic carbocycles. The fourth-order valence-corrected chi connectivity index (χ4v) is 3.08. The molecule has 0 amide bonds. The first-order valence-corrected chi connectivity index (χ1v) is 7.57. The van der Waals surface area contributed by atoms with Gasteiger partial charge in [0.25, 0.3) is 0 Å². The number of hydrogen-bond acceptors (Lipinski definition) is 5. The molecule has 2 aromatic heterocycles.